The summed E-state index contributed by atoms with van der Waals surface area (Å²) in [6.07, 6.45) is -1.21. The summed E-state index contributed by atoms with van der Waals surface area (Å²) in [5, 5.41) is -0.399. The minimum absolute atomic E-state index is 0.00890. The fraction of sp³-hybridized carbons (Fsp3) is 0.385. The quantitative estimate of drug-likeness (QED) is 0.419. The first kappa shape index (κ1) is 24.4. The molecule has 0 unspecified atom stereocenters. The summed E-state index contributed by atoms with van der Waals surface area (Å²) in [4.78, 5) is 27.5. The smallest absolute Gasteiger partial charge is 0.406 e. The van der Waals surface area contributed by atoms with Crippen LogP contribution in [0.2, 0.25) is 0 Å². The third-order valence-corrected chi connectivity index (χ3v) is 7.48. The first-order valence-corrected chi connectivity index (χ1v) is 11.8. The zero-order valence-corrected chi connectivity index (χ0v) is 20.5. The van der Waals surface area contributed by atoms with E-state index >= 15 is 0 Å². The van der Waals surface area contributed by atoms with Crippen molar-refractivity contribution < 1.29 is 27.5 Å². The van der Waals surface area contributed by atoms with E-state index < -0.39 is 17.5 Å². The van der Waals surface area contributed by atoms with Crippen molar-refractivity contribution in [1.82, 2.24) is 0 Å². The number of hydrogen-bond acceptors (Lipinski definition) is 4. The number of anilines is 1. The highest BCUT2D eigenvalue weighted by Crippen LogP contribution is 2.48. The molecular formula is C26H26F3NO3S. The summed E-state index contributed by atoms with van der Waals surface area (Å²) in [5.41, 5.74) is 4.23. The SMILES string of the molecule is Cc1cc2c(cc1N1C(=O)SC(=Cc3ccc(OC(F)(F)F)cc3)C1=O)C(C)(C)CCC2(C)C. The zero-order valence-electron chi connectivity index (χ0n) is 19.7. The lowest BCUT2D eigenvalue weighted by atomic mass is 9.63. The molecule has 0 saturated carbocycles. The molecule has 1 aliphatic heterocycles. The van der Waals surface area contributed by atoms with Crippen molar-refractivity contribution in [3.8, 4) is 5.75 Å². The van der Waals surface area contributed by atoms with Gasteiger partial charge >= 0.3 is 6.36 Å². The Hall–Kier alpha value is -2.74. The van der Waals surface area contributed by atoms with Crippen LogP contribution >= 0.6 is 11.8 Å². The Morgan fingerprint density at radius 3 is 2.09 bits per heavy atom. The van der Waals surface area contributed by atoms with E-state index in [-0.39, 0.29) is 21.5 Å². The minimum Gasteiger partial charge on any atom is -0.406 e. The molecule has 8 heteroatoms. The summed E-state index contributed by atoms with van der Waals surface area (Å²) < 4.78 is 41.0. The van der Waals surface area contributed by atoms with Gasteiger partial charge in [-0.15, -0.1) is 13.2 Å². The molecule has 0 spiro atoms. The van der Waals surface area contributed by atoms with E-state index in [2.05, 4.69) is 38.5 Å². The Bertz CT molecular complexity index is 1200. The number of halogens is 3. The molecule has 1 aliphatic carbocycles. The molecule has 1 fully saturated rings. The lowest BCUT2D eigenvalue weighted by Crippen LogP contribution is -2.35. The molecule has 0 N–H and O–H groups in total. The molecule has 0 atom stereocenters. The number of benzene rings is 2. The van der Waals surface area contributed by atoms with E-state index in [4.69, 9.17) is 0 Å². The van der Waals surface area contributed by atoms with Crippen LogP contribution in [0, 0.1) is 6.92 Å². The number of hydrogen-bond donors (Lipinski definition) is 0. The maximum Gasteiger partial charge on any atom is 0.573 e. The lowest BCUT2D eigenvalue weighted by molar-refractivity contribution is -0.274. The fourth-order valence-corrected chi connectivity index (χ4v) is 5.38. The summed E-state index contributed by atoms with van der Waals surface area (Å²) in [6, 6.07) is 9.22. The topological polar surface area (TPSA) is 46.6 Å². The number of fused-ring (bicyclic) bond motifs is 1. The van der Waals surface area contributed by atoms with Gasteiger partial charge in [-0.05, 0) is 88.9 Å². The molecule has 0 radical (unpaired) electrons. The van der Waals surface area contributed by atoms with E-state index in [1.165, 1.54) is 40.8 Å². The predicted molar refractivity (Wildman–Crippen MR) is 128 cm³/mol. The number of ether oxygens (including phenoxy) is 1. The highest BCUT2D eigenvalue weighted by atomic mass is 32.2. The van der Waals surface area contributed by atoms with Crippen molar-refractivity contribution in [2.45, 2.75) is 64.7 Å². The third kappa shape index (κ3) is 4.60. The standard InChI is InChI=1S/C26H26F3NO3S/c1-15-12-18-19(25(4,5)11-10-24(18,2)3)14-20(15)30-22(31)21(34-23(30)32)13-16-6-8-17(9-7-16)33-26(27,28)29/h6-9,12-14H,10-11H2,1-5H3. The first-order chi connectivity index (χ1) is 15.7. The van der Waals surface area contributed by atoms with Gasteiger partial charge in [-0.1, -0.05) is 45.9 Å². The molecule has 2 aromatic rings. The summed E-state index contributed by atoms with van der Waals surface area (Å²) in [7, 11) is 0. The highest BCUT2D eigenvalue weighted by molar-refractivity contribution is 8.19. The van der Waals surface area contributed by atoms with Crippen molar-refractivity contribution in [2.24, 2.45) is 0 Å². The van der Waals surface area contributed by atoms with Gasteiger partial charge in [0.1, 0.15) is 5.75 Å². The van der Waals surface area contributed by atoms with Crippen LogP contribution in [-0.2, 0) is 15.6 Å². The van der Waals surface area contributed by atoms with Crippen LogP contribution in [0.5, 0.6) is 5.75 Å². The van der Waals surface area contributed by atoms with E-state index in [1.807, 2.05) is 13.0 Å². The average molecular weight is 490 g/mol. The van der Waals surface area contributed by atoms with E-state index in [1.54, 1.807) is 0 Å². The third-order valence-electron chi connectivity index (χ3n) is 6.62. The van der Waals surface area contributed by atoms with Gasteiger partial charge in [0.2, 0.25) is 0 Å². The Morgan fingerprint density at radius 1 is 0.971 bits per heavy atom. The molecule has 1 saturated heterocycles. The molecule has 2 aliphatic rings. The van der Waals surface area contributed by atoms with Gasteiger partial charge in [0.25, 0.3) is 11.1 Å². The van der Waals surface area contributed by atoms with Gasteiger partial charge in [0, 0.05) is 0 Å². The first-order valence-electron chi connectivity index (χ1n) is 11.0. The van der Waals surface area contributed by atoms with Crippen LogP contribution in [-0.4, -0.2) is 17.5 Å². The van der Waals surface area contributed by atoms with Crippen molar-refractivity contribution >= 4 is 34.7 Å². The number of nitrogens with zero attached hydrogens (tertiary/aromatic N) is 1. The van der Waals surface area contributed by atoms with Gasteiger partial charge in [0.15, 0.2) is 0 Å². The molecule has 4 rings (SSSR count). The maximum absolute atomic E-state index is 13.2. The van der Waals surface area contributed by atoms with E-state index in [0.29, 0.717) is 11.3 Å². The number of carbonyl (C=O) groups is 2. The number of amides is 2. The van der Waals surface area contributed by atoms with Gasteiger partial charge in [0.05, 0.1) is 10.6 Å². The molecule has 1 heterocycles. The summed E-state index contributed by atoms with van der Waals surface area (Å²) in [5.74, 6) is -0.797. The van der Waals surface area contributed by atoms with E-state index in [9.17, 15) is 22.8 Å². The average Bonchev–Trinajstić information content (AvgIpc) is 2.99. The Kier molecular flexibility index (Phi) is 5.87. The molecule has 180 valence electrons. The lowest BCUT2D eigenvalue weighted by Gasteiger charge is -2.42. The van der Waals surface area contributed by atoms with Crippen LogP contribution in [0.25, 0.3) is 6.08 Å². The molecule has 2 aromatic carbocycles. The molecule has 0 aromatic heterocycles. The van der Waals surface area contributed by atoms with Crippen molar-refractivity contribution in [3.05, 3.63) is 63.6 Å². The minimum atomic E-state index is -4.78. The molecule has 0 bridgehead atoms. The monoisotopic (exact) mass is 489 g/mol. The van der Waals surface area contributed by atoms with Crippen molar-refractivity contribution in [2.75, 3.05) is 4.90 Å². The Morgan fingerprint density at radius 2 is 1.53 bits per heavy atom. The van der Waals surface area contributed by atoms with Gasteiger partial charge in [-0.25, -0.2) is 4.90 Å². The van der Waals surface area contributed by atoms with Crippen molar-refractivity contribution in [3.63, 3.8) is 0 Å². The van der Waals surface area contributed by atoms with Crippen LogP contribution in [0.3, 0.4) is 0 Å². The summed E-state index contributed by atoms with van der Waals surface area (Å²) in [6.45, 7) is 10.7. The fourth-order valence-electron chi connectivity index (χ4n) is 4.54. The number of carbonyl (C=O) groups excluding carboxylic acids is 2. The predicted octanol–water partition coefficient (Wildman–Crippen LogP) is 7.48. The summed E-state index contributed by atoms with van der Waals surface area (Å²) >= 11 is 0.819. The van der Waals surface area contributed by atoms with Crippen LogP contribution < -0.4 is 9.64 Å². The second-order valence-corrected chi connectivity index (χ2v) is 11.1. The Balaban J connectivity index is 1.66. The number of thioether (sulfide) groups is 1. The molecule has 34 heavy (non-hydrogen) atoms. The van der Waals surface area contributed by atoms with Crippen LogP contribution in [0.15, 0.2) is 41.3 Å². The second-order valence-electron chi connectivity index (χ2n) is 10.1. The number of alkyl halides is 3. The highest BCUT2D eigenvalue weighted by Gasteiger charge is 2.41. The van der Waals surface area contributed by atoms with Crippen molar-refractivity contribution in [1.29, 1.82) is 0 Å². The van der Waals surface area contributed by atoms with Crippen LogP contribution in [0.1, 0.15) is 62.8 Å². The second kappa shape index (κ2) is 8.18. The van der Waals surface area contributed by atoms with E-state index in [0.717, 1.165) is 35.7 Å². The van der Waals surface area contributed by atoms with Gasteiger partial charge in [-0.3, -0.25) is 9.59 Å². The largest absolute Gasteiger partial charge is 0.573 e. The molecular weight excluding hydrogens is 463 g/mol. The van der Waals surface area contributed by atoms with Gasteiger partial charge in [-0.2, -0.15) is 0 Å². The number of rotatable bonds is 3. The maximum atomic E-state index is 13.2. The van der Waals surface area contributed by atoms with Gasteiger partial charge < -0.3 is 4.74 Å². The Labute approximate surface area is 201 Å². The molecule has 4 nitrogen and oxygen atoms in total. The zero-order chi connectivity index (χ0) is 25.1. The number of imide groups is 1. The van der Waals surface area contributed by atoms with Crippen LogP contribution in [0.4, 0.5) is 23.7 Å². The normalized spacial score (nSPS) is 20.6. The number of aryl methyl sites for hydroxylation is 1. The molecule has 2 amide bonds.